The van der Waals surface area contributed by atoms with E-state index in [0.717, 1.165) is 12.0 Å². The molecular weight excluding hydrogens is 428 g/mol. The summed E-state index contributed by atoms with van der Waals surface area (Å²) in [6.07, 6.45) is 1.88. The minimum atomic E-state index is -3.75. The molecule has 1 fully saturated rings. The number of carbonyl (C=O) groups is 1. The van der Waals surface area contributed by atoms with E-state index in [2.05, 4.69) is 14.5 Å². The van der Waals surface area contributed by atoms with Gasteiger partial charge in [-0.25, -0.2) is 0 Å². The molecule has 0 saturated carbocycles. The van der Waals surface area contributed by atoms with Crippen LogP contribution in [0.4, 0.5) is 8.78 Å². The highest BCUT2D eigenvalue weighted by molar-refractivity contribution is 7.90. The van der Waals surface area contributed by atoms with Crippen LogP contribution in [-0.4, -0.2) is 50.8 Å². The fourth-order valence-electron chi connectivity index (χ4n) is 3.87. The van der Waals surface area contributed by atoms with Crippen molar-refractivity contribution in [3.8, 4) is 5.75 Å². The molecule has 1 amide bonds. The van der Waals surface area contributed by atoms with Crippen molar-refractivity contribution in [2.24, 2.45) is 4.40 Å². The Bertz CT molecular complexity index is 1100. The molecule has 4 rings (SSSR count). The average Bonchev–Trinajstić information content (AvgIpc) is 3.32. The lowest BCUT2D eigenvalue weighted by atomic mass is 10.1. The number of nitrogens with zero attached hydrogens (tertiary/aromatic N) is 2. The third-order valence-corrected chi connectivity index (χ3v) is 6.63. The van der Waals surface area contributed by atoms with Crippen LogP contribution in [0.25, 0.3) is 0 Å². The summed E-state index contributed by atoms with van der Waals surface area (Å²) in [5.74, 6) is 0.208. The fraction of sp³-hybridized carbons (Fsp3) is 0.333. The zero-order valence-corrected chi connectivity index (χ0v) is 17.3. The lowest BCUT2D eigenvalue weighted by Gasteiger charge is -2.25. The number of alkyl halides is 2. The second-order valence-electron chi connectivity index (χ2n) is 7.30. The molecule has 0 radical (unpaired) electrons. The highest BCUT2D eigenvalue weighted by atomic mass is 32.2. The van der Waals surface area contributed by atoms with Crippen LogP contribution in [0.15, 0.2) is 57.8 Å². The van der Waals surface area contributed by atoms with Crippen molar-refractivity contribution in [1.29, 1.82) is 0 Å². The molecule has 7 nitrogen and oxygen atoms in total. The normalized spacial score (nSPS) is 19.3. The molecule has 1 N–H and O–H groups in total. The largest absolute Gasteiger partial charge is 0.435 e. The van der Waals surface area contributed by atoms with Gasteiger partial charge >= 0.3 is 6.61 Å². The van der Waals surface area contributed by atoms with Crippen molar-refractivity contribution in [3.63, 3.8) is 0 Å². The first-order valence-corrected chi connectivity index (χ1v) is 11.3. The number of ether oxygens (including phenoxy) is 1. The number of sulfonamides is 1. The molecule has 10 heteroatoms. The van der Waals surface area contributed by atoms with Crippen molar-refractivity contribution in [2.45, 2.75) is 36.8 Å². The van der Waals surface area contributed by atoms with Gasteiger partial charge in [-0.2, -0.15) is 17.2 Å². The van der Waals surface area contributed by atoms with Gasteiger partial charge in [0, 0.05) is 18.7 Å². The summed E-state index contributed by atoms with van der Waals surface area (Å²) < 4.78 is 57.4. The first kappa shape index (κ1) is 21.2. The van der Waals surface area contributed by atoms with Gasteiger partial charge in [-0.15, -0.1) is 4.40 Å². The fourth-order valence-corrected chi connectivity index (χ4v) is 5.09. The van der Waals surface area contributed by atoms with Crippen molar-refractivity contribution < 1.29 is 26.7 Å². The Balaban J connectivity index is 1.38. The van der Waals surface area contributed by atoms with E-state index in [1.807, 2.05) is 0 Å². The number of hydrogen-bond donors (Lipinski definition) is 1. The van der Waals surface area contributed by atoms with Crippen LogP contribution >= 0.6 is 0 Å². The minimum absolute atomic E-state index is 0.0805. The third-order valence-electron chi connectivity index (χ3n) is 5.30. The van der Waals surface area contributed by atoms with Gasteiger partial charge in [0.2, 0.25) is 5.91 Å². The van der Waals surface area contributed by atoms with E-state index < -0.39 is 22.7 Å². The molecular formula is C21H21F2N3O4S. The van der Waals surface area contributed by atoms with Crippen LogP contribution in [0.1, 0.15) is 24.0 Å². The molecule has 0 spiro atoms. The lowest BCUT2D eigenvalue weighted by Crippen LogP contribution is -2.46. The van der Waals surface area contributed by atoms with Gasteiger partial charge in [0.1, 0.15) is 16.7 Å². The number of fused-ring (bicyclic) bond motifs is 1. The smallest absolute Gasteiger partial charge is 0.387 e. The summed E-state index contributed by atoms with van der Waals surface area (Å²) >= 11 is 0. The van der Waals surface area contributed by atoms with Crippen LogP contribution in [0.3, 0.4) is 0 Å². The van der Waals surface area contributed by atoms with E-state index >= 15 is 0 Å². The maximum atomic E-state index is 12.8. The predicted molar refractivity (Wildman–Crippen MR) is 110 cm³/mol. The predicted octanol–water partition coefficient (Wildman–Crippen LogP) is 2.56. The summed E-state index contributed by atoms with van der Waals surface area (Å²) in [7, 11) is -3.75. The first-order chi connectivity index (χ1) is 14.8. The zero-order chi connectivity index (χ0) is 22.0. The Labute approximate surface area is 178 Å². The number of rotatable bonds is 6. The Hall–Kier alpha value is -3.01. The van der Waals surface area contributed by atoms with Crippen molar-refractivity contribution in [3.05, 3.63) is 59.7 Å². The van der Waals surface area contributed by atoms with Gasteiger partial charge in [0.05, 0.1) is 0 Å². The Morgan fingerprint density at radius 2 is 1.94 bits per heavy atom. The van der Waals surface area contributed by atoms with Crippen LogP contribution in [0.5, 0.6) is 5.75 Å². The summed E-state index contributed by atoms with van der Waals surface area (Å²) in [5.41, 5.74) is 1.39. The molecule has 2 aliphatic heterocycles. The highest BCUT2D eigenvalue weighted by Crippen LogP contribution is 2.31. The van der Waals surface area contributed by atoms with E-state index in [0.29, 0.717) is 37.3 Å². The summed E-state index contributed by atoms with van der Waals surface area (Å²) in [6, 6.07) is 12.4. The summed E-state index contributed by atoms with van der Waals surface area (Å²) in [5, 5.41) is 2.88. The molecule has 0 unspecified atom stereocenters. The summed E-state index contributed by atoms with van der Waals surface area (Å²) in [4.78, 5) is 14.7. The molecule has 1 atom stereocenters. The standard InChI is InChI=1S/C21H21F2N3O4S/c22-21(23)30-15-9-7-14(8-10-15)11-12-24-20(27)17-5-3-13-26(17)19-16-4-1-2-6-18(16)31(28,29)25-19/h1-2,4,6-10,17,21H,3,5,11-13H2,(H,24,27)/t17-/m0/s1. The third kappa shape index (κ3) is 4.53. The van der Waals surface area contributed by atoms with Gasteiger partial charge in [0.15, 0.2) is 5.84 Å². The topological polar surface area (TPSA) is 88.1 Å². The molecule has 2 heterocycles. The second-order valence-corrected chi connectivity index (χ2v) is 8.87. The van der Waals surface area contributed by atoms with Crippen LogP contribution in [-0.2, 0) is 21.2 Å². The number of nitrogens with one attached hydrogen (secondary N) is 1. The molecule has 2 aromatic rings. The van der Waals surface area contributed by atoms with Crippen LogP contribution in [0, 0.1) is 0 Å². The maximum absolute atomic E-state index is 12.8. The Kier molecular flexibility index (Phi) is 5.90. The number of hydrogen-bond acceptors (Lipinski definition) is 5. The van der Waals surface area contributed by atoms with Gasteiger partial charge < -0.3 is 15.0 Å². The molecule has 164 valence electrons. The number of carbonyl (C=O) groups excluding carboxylic acids is 1. The molecule has 0 bridgehead atoms. The molecule has 1 saturated heterocycles. The van der Waals surface area contributed by atoms with Gasteiger partial charge in [-0.05, 0) is 49.1 Å². The zero-order valence-electron chi connectivity index (χ0n) is 16.5. The maximum Gasteiger partial charge on any atom is 0.387 e. The van der Waals surface area contributed by atoms with Crippen molar-refractivity contribution in [1.82, 2.24) is 10.2 Å². The quantitative estimate of drug-likeness (QED) is 0.732. The Morgan fingerprint density at radius 1 is 1.19 bits per heavy atom. The minimum Gasteiger partial charge on any atom is -0.435 e. The lowest BCUT2D eigenvalue weighted by molar-refractivity contribution is -0.124. The summed E-state index contributed by atoms with van der Waals surface area (Å²) in [6.45, 7) is -1.96. The van der Waals surface area contributed by atoms with E-state index in [1.54, 1.807) is 35.2 Å². The highest BCUT2D eigenvalue weighted by Gasteiger charge is 2.39. The SMILES string of the molecule is O=C(NCCc1ccc(OC(F)F)cc1)[C@@H]1CCCN1C1=NS(=O)(=O)c2ccccc21. The van der Waals surface area contributed by atoms with Gasteiger partial charge in [-0.1, -0.05) is 24.3 Å². The number of likely N-dealkylation sites (tertiary alicyclic amines) is 1. The van der Waals surface area contributed by atoms with Crippen LogP contribution < -0.4 is 10.1 Å². The first-order valence-electron chi connectivity index (χ1n) is 9.87. The molecule has 0 aliphatic carbocycles. The second kappa shape index (κ2) is 8.62. The number of halogens is 2. The van der Waals surface area contributed by atoms with Crippen molar-refractivity contribution in [2.75, 3.05) is 13.1 Å². The molecule has 2 aliphatic rings. The van der Waals surface area contributed by atoms with E-state index in [9.17, 15) is 22.0 Å². The van der Waals surface area contributed by atoms with E-state index in [4.69, 9.17) is 0 Å². The molecule has 0 aromatic heterocycles. The number of amidine groups is 1. The number of amides is 1. The monoisotopic (exact) mass is 449 g/mol. The van der Waals surface area contributed by atoms with E-state index in [-0.39, 0.29) is 16.6 Å². The molecule has 2 aromatic carbocycles. The van der Waals surface area contributed by atoms with Crippen LogP contribution in [0.2, 0.25) is 0 Å². The molecule has 31 heavy (non-hydrogen) atoms. The van der Waals surface area contributed by atoms with E-state index in [1.165, 1.54) is 18.2 Å². The van der Waals surface area contributed by atoms with Gasteiger partial charge in [0.25, 0.3) is 10.0 Å². The Morgan fingerprint density at radius 3 is 2.68 bits per heavy atom. The van der Waals surface area contributed by atoms with Gasteiger partial charge in [-0.3, -0.25) is 4.79 Å². The van der Waals surface area contributed by atoms with Crippen molar-refractivity contribution >= 4 is 21.8 Å². The average molecular weight is 449 g/mol. The number of benzene rings is 2.